The van der Waals surface area contributed by atoms with E-state index in [1.165, 1.54) is 0 Å². The fourth-order valence-corrected chi connectivity index (χ4v) is 5.00. The molecule has 2 saturated heterocycles. The smallest absolute Gasteiger partial charge is 0.311 e. The van der Waals surface area contributed by atoms with E-state index in [-0.39, 0.29) is 30.8 Å². The van der Waals surface area contributed by atoms with Gasteiger partial charge in [-0.25, -0.2) is 0 Å². The Morgan fingerprint density at radius 2 is 2.00 bits per heavy atom. The van der Waals surface area contributed by atoms with Crippen LogP contribution in [-0.2, 0) is 19.1 Å². The van der Waals surface area contributed by atoms with Crippen LogP contribution in [0.4, 0.5) is 0 Å². The number of hydrogen-bond donors (Lipinski definition) is 0. The maximum Gasteiger partial charge on any atom is 0.311 e. The van der Waals surface area contributed by atoms with Gasteiger partial charge in [-0.15, -0.1) is 6.58 Å². The van der Waals surface area contributed by atoms with Crippen molar-refractivity contribution in [2.75, 3.05) is 20.2 Å². The quantitative estimate of drug-likeness (QED) is 0.530. The minimum atomic E-state index is -1.01. The molecule has 162 valence electrons. The Morgan fingerprint density at radius 3 is 2.67 bits per heavy atom. The third kappa shape index (κ3) is 4.00. The molecule has 0 saturated carbocycles. The minimum Gasteiger partial charge on any atom is -0.466 e. The van der Waals surface area contributed by atoms with Gasteiger partial charge in [-0.3, -0.25) is 14.4 Å². The number of allylic oxidation sites excluding steroid dienone is 1. The number of esters is 1. The molecular weight excluding hydrogens is 380 g/mol. The number of ether oxygens (including phenoxy) is 1. The molecule has 2 aliphatic heterocycles. The zero-order valence-corrected chi connectivity index (χ0v) is 18.0. The van der Waals surface area contributed by atoms with E-state index in [9.17, 15) is 14.4 Å². The lowest BCUT2D eigenvalue weighted by atomic mass is 9.85. The number of amides is 2. The van der Waals surface area contributed by atoms with Crippen LogP contribution in [0.1, 0.15) is 57.1 Å². The van der Waals surface area contributed by atoms with Crippen LogP contribution in [0.2, 0.25) is 0 Å². The number of rotatable bonds is 6. The molecule has 0 radical (unpaired) electrons. The van der Waals surface area contributed by atoms with Crippen LogP contribution in [0.15, 0.2) is 43.0 Å². The van der Waals surface area contributed by atoms with Gasteiger partial charge in [-0.05, 0) is 44.6 Å². The molecule has 2 heterocycles. The Labute approximate surface area is 178 Å². The number of likely N-dealkylation sites (tertiary alicyclic amines) is 2. The molecule has 0 aromatic heterocycles. The summed E-state index contributed by atoms with van der Waals surface area (Å²) in [6.45, 7) is 6.43. The highest BCUT2D eigenvalue weighted by Crippen LogP contribution is 2.51. The summed E-state index contributed by atoms with van der Waals surface area (Å²) in [5.74, 6) is -1.10. The molecule has 3 atom stereocenters. The lowest BCUT2D eigenvalue weighted by Gasteiger charge is -2.41. The first-order valence-electron chi connectivity index (χ1n) is 10.9. The zero-order valence-electron chi connectivity index (χ0n) is 18.0. The molecular formula is C24H32N2O4. The summed E-state index contributed by atoms with van der Waals surface area (Å²) >= 11 is 0. The van der Waals surface area contributed by atoms with Gasteiger partial charge >= 0.3 is 5.97 Å². The van der Waals surface area contributed by atoms with Gasteiger partial charge in [0.25, 0.3) is 0 Å². The normalized spacial score (nSPS) is 26.5. The molecule has 2 fully saturated rings. The maximum absolute atomic E-state index is 13.6. The van der Waals surface area contributed by atoms with Crippen molar-refractivity contribution in [2.45, 2.75) is 57.0 Å². The first-order chi connectivity index (χ1) is 14.5. The second-order valence-corrected chi connectivity index (χ2v) is 8.22. The first kappa shape index (κ1) is 22.1. The Morgan fingerprint density at radius 1 is 1.27 bits per heavy atom. The highest BCUT2D eigenvalue weighted by molar-refractivity contribution is 5.94. The van der Waals surface area contributed by atoms with Crippen LogP contribution in [0.5, 0.6) is 0 Å². The topological polar surface area (TPSA) is 66.9 Å². The lowest BCUT2D eigenvalue weighted by Crippen LogP contribution is -2.57. The zero-order chi connectivity index (χ0) is 21.7. The molecule has 30 heavy (non-hydrogen) atoms. The Kier molecular flexibility index (Phi) is 6.95. The van der Waals surface area contributed by atoms with E-state index >= 15 is 0 Å². The van der Waals surface area contributed by atoms with Gasteiger partial charge in [0.05, 0.1) is 18.6 Å². The van der Waals surface area contributed by atoms with Crippen molar-refractivity contribution in [1.82, 2.24) is 9.80 Å². The summed E-state index contributed by atoms with van der Waals surface area (Å²) in [4.78, 5) is 43.6. The van der Waals surface area contributed by atoms with Crippen molar-refractivity contribution in [3.63, 3.8) is 0 Å². The lowest BCUT2D eigenvalue weighted by molar-refractivity contribution is -0.153. The molecule has 2 amide bonds. The molecule has 2 aliphatic rings. The van der Waals surface area contributed by atoms with Gasteiger partial charge in [0.2, 0.25) is 11.8 Å². The number of nitrogens with zero attached hydrogens (tertiary/aromatic N) is 2. The van der Waals surface area contributed by atoms with Crippen LogP contribution in [-0.4, -0.2) is 53.3 Å². The molecule has 6 heteroatoms. The standard InChI is InChI=1S/C24H32N2O4/c1-4-6-14-20(27)26-21(18-12-8-7-9-13-18)19(22(28)30-5-2)17-24(26)15-10-11-16-25(3)23(24)29/h4,7-9,12-13,19,21H,1,5-6,10-11,14-17H2,2-3H3/t19-,21-,24-/m0/s1. The van der Waals surface area contributed by atoms with Crippen LogP contribution >= 0.6 is 0 Å². The van der Waals surface area contributed by atoms with Crippen molar-refractivity contribution < 1.29 is 19.1 Å². The second-order valence-electron chi connectivity index (χ2n) is 8.22. The fraction of sp³-hybridized carbons (Fsp3) is 0.542. The highest BCUT2D eigenvalue weighted by Gasteiger charge is 2.61. The van der Waals surface area contributed by atoms with Gasteiger partial charge in [-0.1, -0.05) is 36.4 Å². The summed E-state index contributed by atoms with van der Waals surface area (Å²) < 4.78 is 5.40. The van der Waals surface area contributed by atoms with Gasteiger partial charge in [0, 0.05) is 20.0 Å². The van der Waals surface area contributed by atoms with E-state index < -0.39 is 17.5 Å². The van der Waals surface area contributed by atoms with E-state index in [1.54, 1.807) is 29.8 Å². The molecule has 6 nitrogen and oxygen atoms in total. The van der Waals surface area contributed by atoms with E-state index in [0.29, 0.717) is 25.8 Å². The highest BCUT2D eigenvalue weighted by atomic mass is 16.5. The van der Waals surface area contributed by atoms with Crippen molar-refractivity contribution in [2.24, 2.45) is 5.92 Å². The summed E-state index contributed by atoms with van der Waals surface area (Å²) in [5.41, 5.74) is -0.152. The fourth-order valence-electron chi connectivity index (χ4n) is 5.00. The number of hydrogen-bond acceptors (Lipinski definition) is 4. The summed E-state index contributed by atoms with van der Waals surface area (Å²) in [6, 6.07) is 9.04. The maximum atomic E-state index is 13.6. The number of benzene rings is 1. The summed E-state index contributed by atoms with van der Waals surface area (Å²) in [5, 5.41) is 0. The summed E-state index contributed by atoms with van der Waals surface area (Å²) in [7, 11) is 1.79. The molecule has 0 N–H and O–H groups in total. The Hall–Kier alpha value is -2.63. The summed E-state index contributed by atoms with van der Waals surface area (Å²) in [6.07, 6.45) is 5.09. The Bertz CT molecular complexity index is 794. The molecule has 1 aromatic rings. The molecule has 3 rings (SSSR count). The minimum absolute atomic E-state index is 0.0697. The SMILES string of the molecule is C=CCCC(=O)N1[C@@H](c2ccccc2)[C@@H](C(=O)OCC)C[C@]12CCCCN(C)C2=O. The van der Waals surface area contributed by atoms with Gasteiger partial charge in [0.15, 0.2) is 0 Å². The van der Waals surface area contributed by atoms with Crippen LogP contribution in [0.3, 0.4) is 0 Å². The largest absolute Gasteiger partial charge is 0.466 e. The van der Waals surface area contributed by atoms with E-state index in [0.717, 1.165) is 18.4 Å². The van der Waals surface area contributed by atoms with E-state index in [1.807, 2.05) is 30.3 Å². The third-order valence-electron chi connectivity index (χ3n) is 6.32. The molecule has 0 bridgehead atoms. The number of likely N-dealkylation sites (N-methyl/N-ethyl adjacent to an activating group) is 1. The van der Waals surface area contributed by atoms with Gasteiger partial charge in [0.1, 0.15) is 5.54 Å². The van der Waals surface area contributed by atoms with E-state index in [4.69, 9.17) is 4.74 Å². The van der Waals surface area contributed by atoms with Gasteiger partial charge in [-0.2, -0.15) is 0 Å². The first-order valence-corrected chi connectivity index (χ1v) is 10.9. The molecule has 0 aliphatic carbocycles. The third-order valence-corrected chi connectivity index (χ3v) is 6.32. The monoisotopic (exact) mass is 412 g/mol. The average Bonchev–Trinajstić information content (AvgIpc) is 3.04. The average molecular weight is 413 g/mol. The Balaban J connectivity index is 2.15. The number of carbonyl (C=O) groups is 3. The van der Waals surface area contributed by atoms with Gasteiger partial charge < -0.3 is 14.5 Å². The van der Waals surface area contributed by atoms with Crippen molar-refractivity contribution >= 4 is 17.8 Å². The van der Waals surface area contributed by atoms with Crippen molar-refractivity contribution in [3.05, 3.63) is 48.6 Å². The number of carbonyl (C=O) groups excluding carboxylic acids is 3. The molecule has 1 aromatic carbocycles. The molecule has 1 spiro atoms. The van der Waals surface area contributed by atoms with Crippen LogP contribution in [0.25, 0.3) is 0 Å². The van der Waals surface area contributed by atoms with Crippen LogP contribution < -0.4 is 0 Å². The predicted octanol–water partition coefficient (Wildman–Crippen LogP) is 3.49. The van der Waals surface area contributed by atoms with Crippen molar-refractivity contribution in [3.8, 4) is 0 Å². The second kappa shape index (κ2) is 9.45. The van der Waals surface area contributed by atoms with Crippen molar-refractivity contribution in [1.29, 1.82) is 0 Å². The van der Waals surface area contributed by atoms with E-state index in [2.05, 4.69) is 6.58 Å². The molecule has 0 unspecified atom stereocenters. The predicted molar refractivity (Wildman–Crippen MR) is 114 cm³/mol. The van der Waals surface area contributed by atoms with Crippen LogP contribution in [0, 0.1) is 5.92 Å².